The summed E-state index contributed by atoms with van der Waals surface area (Å²) < 4.78 is 0. The maximum absolute atomic E-state index is 12.2. The first-order chi connectivity index (χ1) is 10.6. The van der Waals surface area contributed by atoms with E-state index in [1.165, 1.54) is 0 Å². The fraction of sp³-hybridized carbons (Fsp3) is 0.625. The van der Waals surface area contributed by atoms with Crippen LogP contribution in [0.3, 0.4) is 0 Å². The Balaban J connectivity index is 1.46. The molecule has 0 unspecified atom stereocenters. The highest BCUT2D eigenvalue weighted by molar-refractivity contribution is 5.94. The van der Waals surface area contributed by atoms with Gasteiger partial charge in [0.25, 0.3) is 5.91 Å². The van der Waals surface area contributed by atoms with Crippen molar-refractivity contribution in [3.05, 3.63) is 23.3 Å². The Morgan fingerprint density at radius 1 is 1.45 bits per heavy atom. The van der Waals surface area contributed by atoms with E-state index in [-0.39, 0.29) is 11.8 Å². The number of aryl methyl sites for hydroxylation is 1. The summed E-state index contributed by atoms with van der Waals surface area (Å²) in [6.45, 7) is 3.98. The Kier molecular flexibility index (Phi) is 4.36. The van der Waals surface area contributed by atoms with Crippen LogP contribution in [0.15, 0.2) is 6.20 Å². The number of likely N-dealkylation sites (tertiary alicyclic amines) is 1. The largest absolute Gasteiger partial charge is 0.352 e. The van der Waals surface area contributed by atoms with Gasteiger partial charge in [0.05, 0.1) is 11.3 Å². The minimum Gasteiger partial charge on any atom is -0.352 e. The van der Waals surface area contributed by atoms with E-state index in [0.29, 0.717) is 24.4 Å². The second kappa shape index (κ2) is 6.42. The highest BCUT2D eigenvalue weighted by Gasteiger charge is 2.27. The number of nitrogens with one attached hydrogen (secondary N) is 1. The topological polar surface area (TPSA) is 75.2 Å². The molecule has 6 heteroatoms. The van der Waals surface area contributed by atoms with E-state index in [1.807, 2.05) is 11.8 Å². The summed E-state index contributed by atoms with van der Waals surface area (Å²) in [7, 11) is 0. The molecule has 0 bridgehead atoms. The van der Waals surface area contributed by atoms with Gasteiger partial charge >= 0.3 is 0 Å². The van der Waals surface area contributed by atoms with Gasteiger partial charge in [-0.2, -0.15) is 0 Å². The van der Waals surface area contributed by atoms with Gasteiger partial charge < -0.3 is 10.2 Å². The van der Waals surface area contributed by atoms with Crippen LogP contribution in [0, 0.1) is 6.92 Å². The average molecular weight is 302 g/mol. The van der Waals surface area contributed by atoms with Crippen molar-refractivity contribution >= 4 is 11.8 Å². The van der Waals surface area contributed by atoms with Gasteiger partial charge in [-0.1, -0.05) is 0 Å². The fourth-order valence-electron chi connectivity index (χ4n) is 2.75. The Bertz CT molecular complexity index is 584. The van der Waals surface area contributed by atoms with Gasteiger partial charge in [-0.05, 0) is 32.6 Å². The lowest BCUT2D eigenvalue weighted by Gasteiger charge is -2.15. The van der Waals surface area contributed by atoms with Crippen LogP contribution in [0.4, 0.5) is 0 Å². The smallest absolute Gasteiger partial charge is 0.254 e. The first-order valence-electron chi connectivity index (χ1n) is 8.04. The summed E-state index contributed by atoms with van der Waals surface area (Å²) in [5.41, 5.74) is 1.28. The maximum Gasteiger partial charge on any atom is 0.254 e. The average Bonchev–Trinajstić information content (AvgIpc) is 3.27. The third kappa shape index (κ3) is 3.43. The molecule has 2 amide bonds. The predicted molar refractivity (Wildman–Crippen MR) is 81.5 cm³/mol. The quantitative estimate of drug-likeness (QED) is 0.806. The van der Waals surface area contributed by atoms with E-state index in [1.54, 1.807) is 6.20 Å². The van der Waals surface area contributed by atoms with Crippen LogP contribution in [0.5, 0.6) is 0 Å². The number of carbonyl (C=O) groups is 2. The first kappa shape index (κ1) is 14.9. The van der Waals surface area contributed by atoms with E-state index in [9.17, 15) is 9.59 Å². The molecule has 22 heavy (non-hydrogen) atoms. The lowest BCUT2D eigenvalue weighted by Crippen LogP contribution is -2.31. The van der Waals surface area contributed by atoms with Crippen molar-refractivity contribution in [2.24, 2.45) is 0 Å². The van der Waals surface area contributed by atoms with Gasteiger partial charge in [0.2, 0.25) is 5.91 Å². The van der Waals surface area contributed by atoms with Crippen molar-refractivity contribution in [2.75, 3.05) is 19.6 Å². The van der Waals surface area contributed by atoms with Crippen molar-refractivity contribution in [1.29, 1.82) is 0 Å². The molecule has 1 saturated carbocycles. The van der Waals surface area contributed by atoms with Crippen LogP contribution in [-0.2, 0) is 4.79 Å². The fourth-order valence-corrected chi connectivity index (χ4v) is 2.75. The number of hydrogen-bond donors (Lipinski definition) is 1. The van der Waals surface area contributed by atoms with Gasteiger partial charge in [0, 0.05) is 38.2 Å². The third-order valence-corrected chi connectivity index (χ3v) is 4.25. The Morgan fingerprint density at radius 3 is 2.91 bits per heavy atom. The molecule has 1 N–H and O–H groups in total. The Labute approximate surface area is 130 Å². The van der Waals surface area contributed by atoms with Crippen molar-refractivity contribution in [3.8, 4) is 0 Å². The monoisotopic (exact) mass is 302 g/mol. The molecule has 1 aliphatic heterocycles. The van der Waals surface area contributed by atoms with Crippen LogP contribution < -0.4 is 5.32 Å². The number of rotatable bonds is 6. The Hall–Kier alpha value is -1.98. The van der Waals surface area contributed by atoms with E-state index >= 15 is 0 Å². The SMILES string of the molecule is Cc1nc(C2CC2)ncc1C(=O)NCCCN1CCCC1=O. The summed E-state index contributed by atoms with van der Waals surface area (Å²) in [5.74, 6) is 1.45. The van der Waals surface area contributed by atoms with Crippen molar-refractivity contribution in [3.63, 3.8) is 0 Å². The summed E-state index contributed by atoms with van der Waals surface area (Å²) >= 11 is 0. The molecule has 1 aromatic heterocycles. The van der Waals surface area contributed by atoms with E-state index in [4.69, 9.17) is 0 Å². The number of hydrogen-bond acceptors (Lipinski definition) is 4. The molecule has 2 heterocycles. The number of aromatic nitrogens is 2. The molecule has 118 valence electrons. The summed E-state index contributed by atoms with van der Waals surface area (Å²) in [4.78, 5) is 34.2. The maximum atomic E-state index is 12.2. The minimum atomic E-state index is -0.132. The molecular formula is C16H22N4O2. The van der Waals surface area contributed by atoms with Crippen LogP contribution in [0.1, 0.15) is 59.9 Å². The zero-order valence-corrected chi connectivity index (χ0v) is 13.0. The molecule has 1 saturated heterocycles. The van der Waals surface area contributed by atoms with E-state index in [2.05, 4.69) is 15.3 Å². The van der Waals surface area contributed by atoms with Crippen LogP contribution in [0.25, 0.3) is 0 Å². The molecule has 0 aromatic carbocycles. The molecule has 2 fully saturated rings. The lowest BCUT2D eigenvalue weighted by molar-refractivity contribution is -0.127. The van der Waals surface area contributed by atoms with Crippen molar-refractivity contribution in [1.82, 2.24) is 20.2 Å². The number of carbonyl (C=O) groups excluding carboxylic acids is 2. The van der Waals surface area contributed by atoms with Crippen molar-refractivity contribution < 1.29 is 9.59 Å². The summed E-state index contributed by atoms with van der Waals surface area (Å²) in [6.07, 6.45) is 6.33. The zero-order valence-electron chi connectivity index (χ0n) is 13.0. The standard InChI is InChI=1S/C16H22N4O2/c1-11-13(10-18-15(19-11)12-5-6-12)16(22)17-7-3-9-20-8-2-4-14(20)21/h10,12H,2-9H2,1H3,(H,17,22). The number of amides is 2. The summed E-state index contributed by atoms with van der Waals surface area (Å²) in [6, 6.07) is 0. The van der Waals surface area contributed by atoms with Gasteiger partial charge in [0.1, 0.15) is 5.82 Å². The second-order valence-corrected chi connectivity index (χ2v) is 6.10. The lowest BCUT2D eigenvalue weighted by atomic mass is 10.2. The van der Waals surface area contributed by atoms with Gasteiger partial charge in [-0.25, -0.2) is 9.97 Å². The molecule has 0 radical (unpaired) electrons. The molecule has 0 spiro atoms. The normalized spacial score (nSPS) is 17.9. The van der Waals surface area contributed by atoms with Gasteiger partial charge in [0.15, 0.2) is 0 Å². The highest BCUT2D eigenvalue weighted by atomic mass is 16.2. The van der Waals surface area contributed by atoms with Crippen LogP contribution in [0.2, 0.25) is 0 Å². The predicted octanol–water partition coefficient (Wildman–Crippen LogP) is 1.40. The Morgan fingerprint density at radius 2 is 2.27 bits per heavy atom. The molecule has 3 rings (SSSR count). The van der Waals surface area contributed by atoms with Crippen LogP contribution in [-0.4, -0.2) is 46.3 Å². The van der Waals surface area contributed by atoms with E-state index in [0.717, 1.165) is 50.3 Å². The molecule has 1 aliphatic carbocycles. The third-order valence-electron chi connectivity index (χ3n) is 4.25. The molecule has 1 aromatic rings. The minimum absolute atomic E-state index is 0.132. The molecule has 2 aliphatic rings. The number of nitrogens with zero attached hydrogens (tertiary/aromatic N) is 3. The van der Waals surface area contributed by atoms with Crippen molar-refractivity contribution in [2.45, 2.75) is 44.9 Å². The second-order valence-electron chi connectivity index (χ2n) is 6.10. The molecule has 6 nitrogen and oxygen atoms in total. The first-order valence-corrected chi connectivity index (χ1v) is 8.04. The zero-order chi connectivity index (χ0) is 15.5. The van der Waals surface area contributed by atoms with Crippen LogP contribution >= 0.6 is 0 Å². The van der Waals surface area contributed by atoms with E-state index < -0.39 is 0 Å². The molecule has 0 atom stereocenters. The highest BCUT2D eigenvalue weighted by Crippen LogP contribution is 2.37. The van der Waals surface area contributed by atoms with Gasteiger partial charge in [-0.15, -0.1) is 0 Å². The molecular weight excluding hydrogens is 280 g/mol. The summed E-state index contributed by atoms with van der Waals surface area (Å²) in [5, 5.41) is 2.89. The van der Waals surface area contributed by atoms with Gasteiger partial charge in [-0.3, -0.25) is 9.59 Å².